The number of benzene rings is 5. The van der Waals surface area contributed by atoms with Gasteiger partial charge in [0.1, 0.15) is 23.9 Å². The van der Waals surface area contributed by atoms with E-state index >= 15 is 0 Å². The fraction of sp³-hybridized carbons (Fsp3) is 0.255. The third-order valence-corrected chi connectivity index (χ3v) is 13.2. The van der Waals surface area contributed by atoms with E-state index in [1.807, 2.05) is 24.5 Å². The molecule has 5 heterocycles. The van der Waals surface area contributed by atoms with Gasteiger partial charge < -0.3 is 14.2 Å². The van der Waals surface area contributed by atoms with E-state index in [0.29, 0.717) is 5.90 Å². The molecular formula is C55H49N5OPt. The number of hydrogen-bond donors (Lipinski definition) is 0. The number of para-hydroxylation sites is 2. The summed E-state index contributed by atoms with van der Waals surface area (Å²) in [5.74, 6) is 1.50. The Hall–Kier alpha value is -5.84. The summed E-state index contributed by atoms with van der Waals surface area (Å²) in [4.78, 5) is 17.5. The average molecular weight is 991 g/mol. The van der Waals surface area contributed by atoms with Crippen molar-refractivity contribution in [3.63, 3.8) is 0 Å². The molecule has 0 saturated carbocycles. The van der Waals surface area contributed by atoms with Crippen LogP contribution in [0.3, 0.4) is 0 Å². The van der Waals surface area contributed by atoms with Crippen molar-refractivity contribution in [3.05, 3.63) is 179 Å². The van der Waals surface area contributed by atoms with Crippen LogP contribution in [-0.2, 0) is 48.5 Å². The summed E-state index contributed by atoms with van der Waals surface area (Å²) in [5, 5.41) is 2.32. The molecule has 0 radical (unpaired) electrons. The van der Waals surface area contributed by atoms with E-state index in [9.17, 15) is 0 Å². The predicted octanol–water partition coefficient (Wildman–Crippen LogP) is 13.0. The van der Waals surface area contributed by atoms with Crippen LogP contribution in [0.2, 0.25) is 0 Å². The van der Waals surface area contributed by atoms with Gasteiger partial charge in [-0.2, -0.15) is 6.07 Å². The first-order valence-corrected chi connectivity index (χ1v) is 21.5. The number of nitrogens with zero attached hydrogens (tertiary/aromatic N) is 5. The van der Waals surface area contributed by atoms with Crippen molar-refractivity contribution >= 4 is 44.8 Å². The molecule has 0 unspecified atom stereocenters. The second-order valence-corrected chi connectivity index (χ2v) is 19.6. The fourth-order valence-corrected chi connectivity index (χ4v) is 9.77. The summed E-state index contributed by atoms with van der Waals surface area (Å²) in [7, 11) is 0. The Morgan fingerprint density at radius 3 is 2.26 bits per heavy atom. The Kier molecular flexibility index (Phi) is 9.32. The van der Waals surface area contributed by atoms with Crippen LogP contribution in [0.25, 0.3) is 38.9 Å². The van der Waals surface area contributed by atoms with Gasteiger partial charge in [-0.25, -0.2) is 4.98 Å². The Morgan fingerprint density at radius 2 is 1.47 bits per heavy atom. The molecule has 7 heteroatoms. The number of hydrogen-bond acceptors (Lipinski definition) is 5. The number of anilines is 3. The number of ether oxygens (including phenoxy) is 1. The minimum absolute atomic E-state index is 0. The molecule has 0 saturated heterocycles. The number of rotatable bonds is 4. The molecule has 310 valence electrons. The summed E-state index contributed by atoms with van der Waals surface area (Å²) in [6.45, 7) is 18.2. The molecular weight excluding hydrogens is 942 g/mol. The van der Waals surface area contributed by atoms with E-state index in [0.717, 1.165) is 62.5 Å². The minimum Gasteiger partial charge on any atom is -0.514 e. The van der Waals surface area contributed by atoms with Gasteiger partial charge in [-0.15, -0.1) is 35.2 Å². The predicted molar refractivity (Wildman–Crippen MR) is 248 cm³/mol. The van der Waals surface area contributed by atoms with Crippen LogP contribution in [0, 0.1) is 12.1 Å². The average Bonchev–Trinajstić information content (AvgIpc) is 3.92. The van der Waals surface area contributed by atoms with Crippen molar-refractivity contribution in [1.29, 1.82) is 0 Å². The molecule has 8 aromatic rings. The standard InChI is InChI=1S/C55H49N5O.Pt/c1-53(2,3)36-20-21-39-33(26-36)29-49-51(39)58-52(61-49)35-25-34(44-17-13-14-23-56-44)27-38(28-35)59-46-19-12-10-16-42(46)55(7,8)43-31-41-40-15-9-11-18-45(40)60(47(41)32-48(43)59)50-30-37(22-24-57-50)54(4,5)6;/h9-27,30-31,49,51H,29H2,1-8H3;/q-2;+2/t49-,51+;/m0./s1. The quantitative estimate of drug-likeness (QED) is 0.165. The molecule has 2 aliphatic heterocycles. The third kappa shape index (κ3) is 6.36. The maximum Gasteiger partial charge on any atom is 2.00 e. The SMILES string of the molecule is CC(C)(C)c1ccnc(-n2c3[c-]c4c(cc3c3ccccc32)C(C)(C)c2ccccc2N4c2[c-]c(C3=N[C@@H]4c5ccc(C(C)(C)C)cc5C[C@@H]4O3)cc(-c3ccccn3)c2)c1.[Pt+2]. The van der Waals surface area contributed by atoms with Gasteiger partial charge >= 0.3 is 21.1 Å². The van der Waals surface area contributed by atoms with Crippen LogP contribution < -0.4 is 4.90 Å². The van der Waals surface area contributed by atoms with Crippen molar-refractivity contribution in [3.8, 4) is 17.1 Å². The first kappa shape index (κ1) is 40.2. The van der Waals surface area contributed by atoms with Crippen LogP contribution in [0.4, 0.5) is 17.1 Å². The zero-order valence-electron chi connectivity index (χ0n) is 36.4. The molecule has 3 aromatic heterocycles. The second kappa shape index (κ2) is 14.4. The summed E-state index contributed by atoms with van der Waals surface area (Å²) in [6.07, 6.45) is 4.56. The number of aromatic nitrogens is 3. The van der Waals surface area contributed by atoms with Crippen LogP contribution in [-0.4, -0.2) is 26.5 Å². The Bertz CT molecular complexity index is 3110. The van der Waals surface area contributed by atoms with Gasteiger partial charge in [0.15, 0.2) is 0 Å². The summed E-state index contributed by atoms with van der Waals surface area (Å²) in [5.41, 5.74) is 14.9. The van der Waals surface area contributed by atoms with Gasteiger partial charge in [-0.1, -0.05) is 138 Å². The number of pyridine rings is 2. The largest absolute Gasteiger partial charge is 2.00 e. The summed E-state index contributed by atoms with van der Waals surface area (Å²) >= 11 is 0. The van der Waals surface area contributed by atoms with Crippen LogP contribution >= 0.6 is 0 Å². The van der Waals surface area contributed by atoms with E-state index in [2.05, 4.69) is 180 Å². The van der Waals surface area contributed by atoms with Gasteiger partial charge in [0.2, 0.25) is 0 Å². The molecule has 0 spiro atoms. The molecule has 0 fully saturated rings. The van der Waals surface area contributed by atoms with E-state index in [1.54, 1.807) is 0 Å². The zero-order valence-corrected chi connectivity index (χ0v) is 38.7. The summed E-state index contributed by atoms with van der Waals surface area (Å²) in [6, 6.07) is 49.3. The Labute approximate surface area is 379 Å². The zero-order chi connectivity index (χ0) is 42.0. The number of fused-ring (bicyclic) bond motifs is 8. The topological polar surface area (TPSA) is 55.5 Å². The molecule has 0 N–H and O–H groups in total. The smallest absolute Gasteiger partial charge is 0.514 e. The van der Waals surface area contributed by atoms with Gasteiger partial charge in [0.25, 0.3) is 0 Å². The second-order valence-electron chi connectivity index (χ2n) is 19.6. The van der Waals surface area contributed by atoms with Crippen LogP contribution in [0.1, 0.15) is 100 Å². The molecule has 11 rings (SSSR count). The van der Waals surface area contributed by atoms with E-state index in [1.165, 1.54) is 38.8 Å². The van der Waals surface area contributed by atoms with E-state index in [4.69, 9.17) is 19.7 Å². The van der Waals surface area contributed by atoms with E-state index < -0.39 is 0 Å². The molecule has 2 atom stereocenters. The molecule has 5 aromatic carbocycles. The van der Waals surface area contributed by atoms with Gasteiger partial charge in [0, 0.05) is 30.0 Å². The maximum atomic E-state index is 6.84. The van der Waals surface area contributed by atoms with Gasteiger partial charge in [-0.05, 0) is 91.5 Å². The fourth-order valence-electron chi connectivity index (χ4n) is 9.77. The number of aliphatic imine (C=N–C) groups is 1. The van der Waals surface area contributed by atoms with Crippen molar-refractivity contribution in [1.82, 2.24) is 14.5 Å². The normalized spacial score (nSPS) is 17.5. The van der Waals surface area contributed by atoms with Crippen molar-refractivity contribution in [2.24, 2.45) is 4.99 Å². The molecule has 0 amide bonds. The Morgan fingerprint density at radius 1 is 0.710 bits per heavy atom. The molecule has 3 aliphatic rings. The maximum absolute atomic E-state index is 6.84. The first-order chi connectivity index (χ1) is 29.2. The molecule has 62 heavy (non-hydrogen) atoms. The minimum atomic E-state index is -0.335. The molecule has 1 aliphatic carbocycles. The monoisotopic (exact) mass is 990 g/mol. The van der Waals surface area contributed by atoms with Crippen molar-refractivity contribution < 1.29 is 25.8 Å². The van der Waals surface area contributed by atoms with Gasteiger partial charge in [0.05, 0.1) is 5.69 Å². The van der Waals surface area contributed by atoms with Crippen LogP contribution in [0.5, 0.6) is 0 Å². The van der Waals surface area contributed by atoms with Gasteiger partial charge in [-0.3, -0.25) is 9.98 Å². The van der Waals surface area contributed by atoms with Crippen LogP contribution in [0.15, 0.2) is 133 Å². The Balaban J connectivity index is 0.00000458. The summed E-state index contributed by atoms with van der Waals surface area (Å²) < 4.78 is 9.12. The third-order valence-electron chi connectivity index (χ3n) is 13.2. The van der Waals surface area contributed by atoms with Crippen molar-refractivity contribution in [2.45, 2.75) is 90.2 Å². The molecule has 0 bridgehead atoms. The van der Waals surface area contributed by atoms with E-state index in [-0.39, 0.29) is 49.5 Å². The first-order valence-electron chi connectivity index (χ1n) is 21.5. The van der Waals surface area contributed by atoms with Crippen molar-refractivity contribution in [2.75, 3.05) is 4.90 Å². The molecule has 6 nitrogen and oxygen atoms in total.